The van der Waals surface area contributed by atoms with Crippen LogP contribution in [0.25, 0.3) is 0 Å². The van der Waals surface area contributed by atoms with E-state index < -0.39 is 0 Å². The van der Waals surface area contributed by atoms with Crippen LogP contribution in [0.5, 0.6) is 0 Å². The van der Waals surface area contributed by atoms with Gasteiger partial charge in [0.15, 0.2) is 0 Å². The van der Waals surface area contributed by atoms with Gasteiger partial charge in [0.1, 0.15) is 5.82 Å². The second-order valence-electron chi connectivity index (χ2n) is 2.54. The highest BCUT2D eigenvalue weighted by Gasteiger charge is 2.01. The highest BCUT2D eigenvalue weighted by molar-refractivity contribution is 9.10. The summed E-state index contributed by atoms with van der Waals surface area (Å²) in [4.78, 5) is 0. The summed E-state index contributed by atoms with van der Waals surface area (Å²) in [6, 6.07) is 4.83. The Morgan fingerprint density at radius 2 is 2.23 bits per heavy atom. The Bertz CT molecular complexity index is 280. The topological polar surface area (TPSA) is 50.1 Å². The third kappa shape index (κ3) is 3.40. The van der Waals surface area contributed by atoms with E-state index in [1.807, 2.05) is 0 Å². The molecule has 5 heteroatoms. The molecule has 0 amide bonds. The SMILES string of the molecule is NNCNCc1cc(Br)ccc1F. The first-order valence-electron chi connectivity index (χ1n) is 3.82. The molecule has 4 N–H and O–H groups in total. The Balaban J connectivity index is 2.59. The fraction of sp³-hybridized carbons (Fsp3) is 0.250. The Labute approximate surface area is 84.6 Å². The fourth-order valence-electron chi connectivity index (χ4n) is 0.948. The number of halogens is 2. The molecule has 1 aromatic carbocycles. The molecule has 3 nitrogen and oxygen atoms in total. The normalized spacial score (nSPS) is 10.4. The van der Waals surface area contributed by atoms with Gasteiger partial charge in [-0.25, -0.2) is 9.82 Å². The van der Waals surface area contributed by atoms with Gasteiger partial charge in [-0.2, -0.15) is 0 Å². The second-order valence-corrected chi connectivity index (χ2v) is 3.46. The van der Waals surface area contributed by atoms with Gasteiger partial charge in [-0.1, -0.05) is 15.9 Å². The molecular weight excluding hydrogens is 237 g/mol. The fourth-order valence-corrected chi connectivity index (χ4v) is 1.36. The molecule has 72 valence electrons. The van der Waals surface area contributed by atoms with E-state index in [9.17, 15) is 4.39 Å². The highest BCUT2D eigenvalue weighted by Crippen LogP contribution is 2.14. The van der Waals surface area contributed by atoms with Gasteiger partial charge < -0.3 is 0 Å². The molecule has 1 rings (SSSR count). The maximum Gasteiger partial charge on any atom is 0.127 e. The van der Waals surface area contributed by atoms with Gasteiger partial charge in [-0.05, 0) is 18.2 Å². The predicted octanol–water partition coefficient (Wildman–Crippen LogP) is 1.10. The minimum atomic E-state index is -0.215. The van der Waals surface area contributed by atoms with Crippen molar-refractivity contribution in [3.63, 3.8) is 0 Å². The van der Waals surface area contributed by atoms with Crippen molar-refractivity contribution < 1.29 is 4.39 Å². The average molecular weight is 248 g/mol. The second kappa shape index (κ2) is 5.29. The number of hydrogen-bond donors (Lipinski definition) is 3. The lowest BCUT2D eigenvalue weighted by Gasteiger charge is -2.05. The van der Waals surface area contributed by atoms with Crippen LogP contribution in [0, 0.1) is 5.82 Å². The van der Waals surface area contributed by atoms with Crippen LogP contribution in [0.2, 0.25) is 0 Å². The largest absolute Gasteiger partial charge is 0.299 e. The third-order valence-electron chi connectivity index (χ3n) is 1.55. The van der Waals surface area contributed by atoms with E-state index in [1.165, 1.54) is 6.07 Å². The van der Waals surface area contributed by atoms with E-state index in [4.69, 9.17) is 5.84 Å². The number of rotatable bonds is 4. The van der Waals surface area contributed by atoms with Crippen LogP contribution in [-0.2, 0) is 6.54 Å². The lowest BCUT2D eigenvalue weighted by atomic mass is 10.2. The molecule has 0 fully saturated rings. The Kier molecular flexibility index (Phi) is 4.31. The van der Waals surface area contributed by atoms with E-state index in [0.717, 1.165) is 4.47 Å². The zero-order chi connectivity index (χ0) is 9.68. The Hall–Kier alpha value is -0.490. The predicted molar refractivity (Wildman–Crippen MR) is 53.1 cm³/mol. The molecule has 0 aliphatic rings. The van der Waals surface area contributed by atoms with Crippen molar-refractivity contribution in [1.29, 1.82) is 0 Å². The van der Waals surface area contributed by atoms with Crippen LogP contribution in [-0.4, -0.2) is 6.67 Å². The van der Waals surface area contributed by atoms with Crippen LogP contribution in [0.1, 0.15) is 5.56 Å². The van der Waals surface area contributed by atoms with Gasteiger partial charge in [-0.15, -0.1) is 0 Å². The average Bonchev–Trinajstić information content (AvgIpc) is 2.11. The van der Waals surface area contributed by atoms with Crippen molar-refractivity contribution in [3.05, 3.63) is 34.1 Å². The molecule has 13 heavy (non-hydrogen) atoms. The molecule has 0 spiro atoms. The minimum Gasteiger partial charge on any atom is -0.299 e. The van der Waals surface area contributed by atoms with Crippen LogP contribution >= 0.6 is 15.9 Å². The maximum absolute atomic E-state index is 13.1. The standard InChI is InChI=1S/C8H11BrFN3/c9-7-1-2-8(10)6(3-7)4-12-5-13-11/h1-3,12-13H,4-5,11H2. The van der Waals surface area contributed by atoms with Gasteiger partial charge in [0.05, 0.1) is 6.67 Å². The smallest absolute Gasteiger partial charge is 0.127 e. The molecule has 0 heterocycles. The van der Waals surface area contributed by atoms with Gasteiger partial charge in [0, 0.05) is 16.6 Å². The molecule has 0 bridgehead atoms. The number of nitrogens with one attached hydrogen (secondary N) is 2. The van der Waals surface area contributed by atoms with E-state index in [-0.39, 0.29) is 5.82 Å². The molecule has 0 aliphatic carbocycles. The summed E-state index contributed by atoms with van der Waals surface area (Å²) in [5, 5.41) is 2.92. The van der Waals surface area contributed by atoms with Crippen molar-refractivity contribution in [2.45, 2.75) is 6.54 Å². The van der Waals surface area contributed by atoms with Crippen molar-refractivity contribution in [1.82, 2.24) is 10.7 Å². The maximum atomic E-state index is 13.1. The Morgan fingerprint density at radius 1 is 1.46 bits per heavy atom. The van der Waals surface area contributed by atoms with Crippen LogP contribution in [0.3, 0.4) is 0 Å². The summed E-state index contributed by atoms with van der Waals surface area (Å²) in [5.41, 5.74) is 3.04. The van der Waals surface area contributed by atoms with E-state index >= 15 is 0 Å². The highest BCUT2D eigenvalue weighted by atomic mass is 79.9. The van der Waals surface area contributed by atoms with Crippen molar-refractivity contribution >= 4 is 15.9 Å². The lowest BCUT2D eigenvalue weighted by Crippen LogP contribution is -2.33. The van der Waals surface area contributed by atoms with Crippen LogP contribution < -0.4 is 16.6 Å². The number of hydrogen-bond acceptors (Lipinski definition) is 3. The monoisotopic (exact) mass is 247 g/mol. The number of hydrazine groups is 1. The number of nitrogens with two attached hydrogens (primary N) is 1. The third-order valence-corrected chi connectivity index (χ3v) is 2.04. The summed E-state index contributed by atoms with van der Waals surface area (Å²) in [5.74, 6) is 4.83. The zero-order valence-electron chi connectivity index (χ0n) is 6.98. The summed E-state index contributed by atoms with van der Waals surface area (Å²) in [6.45, 7) is 0.904. The van der Waals surface area contributed by atoms with E-state index in [1.54, 1.807) is 12.1 Å². The first-order valence-corrected chi connectivity index (χ1v) is 4.61. The van der Waals surface area contributed by atoms with Crippen molar-refractivity contribution in [2.24, 2.45) is 5.84 Å². The van der Waals surface area contributed by atoms with Gasteiger partial charge in [0.25, 0.3) is 0 Å². The molecular formula is C8H11BrFN3. The van der Waals surface area contributed by atoms with Crippen LogP contribution in [0.15, 0.2) is 22.7 Å². The zero-order valence-corrected chi connectivity index (χ0v) is 8.57. The molecule has 0 atom stereocenters. The minimum absolute atomic E-state index is 0.215. The summed E-state index contributed by atoms with van der Waals surface area (Å²) < 4.78 is 14.0. The van der Waals surface area contributed by atoms with Gasteiger partial charge >= 0.3 is 0 Å². The summed E-state index contributed by atoms with van der Waals surface area (Å²) >= 11 is 3.27. The lowest BCUT2D eigenvalue weighted by molar-refractivity contribution is 0.563. The molecule has 0 aliphatic heterocycles. The van der Waals surface area contributed by atoms with Gasteiger partial charge in [-0.3, -0.25) is 11.2 Å². The molecule has 0 saturated heterocycles. The first kappa shape index (κ1) is 10.6. The molecule has 0 radical (unpaired) electrons. The summed E-state index contributed by atoms with van der Waals surface area (Å²) in [7, 11) is 0. The van der Waals surface area contributed by atoms with Crippen LogP contribution in [0.4, 0.5) is 4.39 Å². The molecule has 0 aromatic heterocycles. The molecule has 0 unspecified atom stereocenters. The Morgan fingerprint density at radius 3 is 2.92 bits per heavy atom. The van der Waals surface area contributed by atoms with Crippen molar-refractivity contribution in [2.75, 3.05) is 6.67 Å². The number of benzene rings is 1. The van der Waals surface area contributed by atoms with Gasteiger partial charge in [0.2, 0.25) is 0 Å². The molecule has 1 aromatic rings. The van der Waals surface area contributed by atoms with E-state index in [0.29, 0.717) is 18.8 Å². The first-order chi connectivity index (χ1) is 6.24. The van der Waals surface area contributed by atoms with Crippen molar-refractivity contribution in [3.8, 4) is 0 Å². The summed E-state index contributed by atoms with van der Waals surface area (Å²) in [6.07, 6.45) is 0. The van der Waals surface area contributed by atoms with E-state index in [2.05, 4.69) is 26.7 Å². The molecule has 0 saturated carbocycles. The quantitative estimate of drug-likeness (QED) is 0.323.